The Hall–Kier alpha value is -1.72. The zero-order valence-electron chi connectivity index (χ0n) is 12.0. The Kier molecular flexibility index (Phi) is 3.24. The average Bonchev–Trinajstić information content (AvgIpc) is 3.06. The van der Waals surface area contributed by atoms with Crippen molar-refractivity contribution in [1.82, 2.24) is 19.9 Å². The molecule has 21 heavy (non-hydrogen) atoms. The van der Waals surface area contributed by atoms with E-state index in [2.05, 4.69) is 26.1 Å². The minimum atomic E-state index is 0.0760. The van der Waals surface area contributed by atoms with E-state index in [1.165, 1.54) is 25.9 Å². The second-order valence-corrected chi connectivity index (χ2v) is 6.14. The Labute approximate surface area is 124 Å². The van der Waals surface area contributed by atoms with Crippen molar-refractivity contribution >= 4 is 0 Å². The third kappa shape index (κ3) is 2.36. The second-order valence-electron chi connectivity index (χ2n) is 6.14. The molecule has 3 aliphatic heterocycles. The van der Waals surface area contributed by atoms with Crippen molar-refractivity contribution in [3.63, 3.8) is 0 Å². The molecule has 0 amide bonds. The van der Waals surface area contributed by atoms with Crippen LogP contribution in [0.5, 0.6) is 0 Å². The molecule has 2 aromatic rings. The minimum Gasteiger partial charge on any atom is -0.392 e. The first kappa shape index (κ1) is 13.0. The first-order valence-electron chi connectivity index (χ1n) is 7.68. The smallest absolute Gasteiger partial charge is 0.113 e. The number of aromatic nitrogens is 3. The van der Waals surface area contributed by atoms with Crippen LogP contribution in [0.2, 0.25) is 0 Å². The highest BCUT2D eigenvalue weighted by Gasteiger charge is 2.35. The maximum Gasteiger partial charge on any atom is 0.113 e. The Bertz CT molecular complexity index is 613. The molecule has 4 heterocycles. The summed E-state index contributed by atoms with van der Waals surface area (Å²) in [6, 6.07) is 8.34. The Morgan fingerprint density at radius 3 is 2.52 bits per heavy atom. The van der Waals surface area contributed by atoms with Crippen molar-refractivity contribution in [2.45, 2.75) is 25.5 Å². The molecule has 0 aliphatic carbocycles. The largest absolute Gasteiger partial charge is 0.392 e. The van der Waals surface area contributed by atoms with Gasteiger partial charge in [-0.25, -0.2) is 4.68 Å². The molecular formula is C16H20N4O. The van der Waals surface area contributed by atoms with Gasteiger partial charge in [0.25, 0.3) is 0 Å². The zero-order chi connectivity index (χ0) is 14.2. The molecule has 110 valence electrons. The number of aliphatic hydroxyl groups is 1. The van der Waals surface area contributed by atoms with Gasteiger partial charge in [-0.2, -0.15) is 0 Å². The highest BCUT2D eigenvalue weighted by atomic mass is 16.3. The summed E-state index contributed by atoms with van der Waals surface area (Å²) in [5.41, 5.74) is 2.89. The fourth-order valence-electron chi connectivity index (χ4n) is 3.59. The third-order valence-electron chi connectivity index (χ3n) is 4.90. The SMILES string of the molecule is OCc1ccc(-c2cn([C@H]3CN4CCC3CC4)nn2)cc1. The summed E-state index contributed by atoms with van der Waals surface area (Å²) in [5, 5.41) is 17.8. The molecule has 0 radical (unpaired) electrons. The van der Waals surface area contributed by atoms with Crippen molar-refractivity contribution in [2.24, 2.45) is 5.92 Å². The lowest BCUT2D eigenvalue weighted by Crippen LogP contribution is -2.48. The van der Waals surface area contributed by atoms with Crippen LogP contribution in [0, 0.1) is 5.92 Å². The summed E-state index contributed by atoms with van der Waals surface area (Å²) in [6.07, 6.45) is 4.64. The fourth-order valence-corrected chi connectivity index (χ4v) is 3.59. The highest BCUT2D eigenvalue weighted by molar-refractivity contribution is 5.57. The molecule has 5 heteroatoms. The van der Waals surface area contributed by atoms with Crippen molar-refractivity contribution in [3.05, 3.63) is 36.0 Å². The maximum absolute atomic E-state index is 9.10. The van der Waals surface area contributed by atoms with Gasteiger partial charge in [0.1, 0.15) is 5.69 Å². The Morgan fingerprint density at radius 2 is 1.90 bits per heavy atom. The maximum atomic E-state index is 9.10. The summed E-state index contributed by atoms with van der Waals surface area (Å²) < 4.78 is 2.06. The van der Waals surface area contributed by atoms with E-state index in [4.69, 9.17) is 5.11 Å². The first-order valence-corrected chi connectivity index (χ1v) is 7.68. The minimum absolute atomic E-state index is 0.0760. The van der Waals surface area contributed by atoms with Crippen molar-refractivity contribution < 1.29 is 5.11 Å². The molecule has 1 aromatic heterocycles. The number of fused-ring (bicyclic) bond motifs is 3. The molecule has 5 rings (SSSR count). The summed E-state index contributed by atoms with van der Waals surface area (Å²) in [7, 11) is 0. The lowest BCUT2D eigenvalue weighted by atomic mass is 9.84. The molecule has 1 aromatic carbocycles. The van der Waals surface area contributed by atoms with Crippen LogP contribution in [0.4, 0.5) is 0 Å². The summed E-state index contributed by atoms with van der Waals surface area (Å²) in [6.45, 7) is 3.67. The number of piperidine rings is 3. The van der Waals surface area contributed by atoms with Gasteiger partial charge in [-0.05, 0) is 37.4 Å². The summed E-state index contributed by atoms with van der Waals surface area (Å²) in [4.78, 5) is 2.53. The van der Waals surface area contributed by atoms with E-state index in [1.54, 1.807) is 0 Å². The van der Waals surface area contributed by atoms with Crippen LogP contribution in [-0.4, -0.2) is 44.6 Å². The third-order valence-corrected chi connectivity index (χ3v) is 4.90. The van der Waals surface area contributed by atoms with Crippen LogP contribution >= 0.6 is 0 Å². The Balaban J connectivity index is 1.57. The number of nitrogens with zero attached hydrogens (tertiary/aromatic N) is 4. The molecule has 0 spiro atoms. The summed E-state index contributed by atoms with van der Waals surface area (Å²) >= 11 is 0. The molecule has 1 atom stereocenters. The fraction of sp³-hybridized carbons (Fsp3) is 0.500. The van der Waals surface area contributed by atoms with Crippen molar-refractivity contribution in [1.29, 1.82) is 0 Å². The van der Waals surface area contributed by atoms with Gasteiger partial charge >= 0.3 is 0 Å². The lowest BCUT2D eigenvalue weighted by Gasteiger charge is -2.44. The van der Waals surface area contributed by atoms with Crippen molar-refractivity contribution in [3.8, 4) is 11.3 Å². The quantitative estimate of drug-likeness (QED) is 0.932. The van der Waals surface area contributed by atoms with E-state index >= 15 is 0 Å². The molecular weight excluding hydrogens is 264 g/mol. The molecule has 1 N–H and O–H groups in total. The van der Waals surface area contributed by atoms with Gasteiger partial charge in [-0.15, -0.1) is 5.10 Å². The summed E-state index contributed by atoms with van der Waals surface area (Å²) in [5.74, 6) is 0.751. The van der Waals surface area contributed by atoms with E-state index in [-0.39, 0.29) is 6.61 Å². The zero-order valence-corrected chi connectivity index (χ0v) is 12.0. The monoisotopic (exact) mass is 284 g/mol. The van der Waals surface area contributed by atoms with Gasteiger partial charge in [-0.3, -0.25) is 0 Å². The molecule has 3 fully saturated rings. The molecule has 3 aliphatic rings. The van der Waals surface area contributed by atoms with Gasteiger partial charge in [0.05, 0.1) is 18.8 Å². The molecule has 2 bridgehead atoms. The van der Waals surface area contributed by atoms with Crippen LogP contribution in [0.25, 0.3) is 11.3 Å². The second kappa shape index (κ2) is 5.24. The van der Waals surface area contributed by atoms with E-state index in [1.807, 2.05) is 24.3 Å². The van der Waals surface area contributed by atoms with Crippen LogP contribution in [0.15, 0.2) is 30.5 Å². The number of hydrogen-bond acceptors (Lipinski definition) is 4. The number of hydrogen-bond donors (Lipinski definition) is 1. The van der Waals surface area contributed by atoms with E-state index in [9.17, 15) is 0 Å². The van der Waals surface area contributed by atoms with Gasteiger partial charge in [0.15, 0.2) is 0 Å². The molecule has 0 saturated carbocycles. The lowest BCUT2D eigenvalue weighted by molar-refractivity contribution is 0.0504. The van der Waals surface area contributed by atoms with Crippen molar-refractivity contribution in [2.75, 3.05) is 19.6 Å². The van der Waals surface area contributed by atoms with Gasteiger partial charge in [-0.1, -0.05) is 29.5 Å². The van der Waals surface area contributed by atoms with Gasteiger partial charge < -0.3 is 10.0 Å². The van der Waals surface area contributed by atoms with Crippen LogP contribution in [0.1, 0.15) is 24.4 Å². The van der Waals surface area contributed by atoms with E-state index in [0.29, 0.717) is 6.04 Å². The molecule has 5 nitrogen and oxygen atoms in total. The van der Waals surface area contributed by atoms with Crippen LogP contribution < -0.4 is 0 Å². The Morgan fingerprint density at radius 1 is 1.14 bits per heavy atom. The first-order chi connectivity index (χ1) is 10.3. The predicted molar refractivity (Wildman–Crippen MR) is 79.6 cm³/mol. The molecule has 0 unspecified atom stereocenters. The average molecular weight is 284 g/mol. The number of rotatable bonds is 3. The number of benzene rings is 1. The number of aliphatic hydroxyl groups excluding tert-OH is 1. The van der Waals surface area contributed by atoms with Crippen LogP contribution in [-0.2, 0) is 6.61 Å². The van der Waals surface area contributed by atoms with Gasteiger partial charge in [0, 0.05) is 12.1 Å². The highest BCUT2D eigenvalue weighted by Crippen LogP contribution is 2.35. The van der Waals surface area contributed by atoms with Gasteiger partial charge in [0.2, 0.25) is 0 Å². The predicted octanol–water partition coefficient (Wildman–Crippen LogP) is 1.70. The topological polar surface area (TPSA) is 54.2 Å². The van der Waals surface area contributed by atoms with E-state index in [0.717, 1.165) is 29.3 Å². The normalized spacial score (nSPS) is 28.0. The van der Waals surface area contributed by atoms with E-state index < -0.39 is 0 Å². The standard InChI is InChI=1S/C16H20N4O/c21-11-12-1-3-13(4-2-12)15-9-20(18-17-15)16-10-19-7-5-14(16)6-8-19/h1-4,9,14,16,21H,5-8,10-11H2/t16-/m0/s1. The van der Waals surface area contributed by atoms with Crippen LogP contribution in [0.3, 0.4) is 0 Å². The molecule has 3 saturated heterocycles.